The van der Waals surface area contributed by atoms with Gasteiger partial charge in [0.1, 0.15) is 11.0 Å². The summed E-state index contributed by atoms with van der Waals surface area (Å²) >= 11 is 0. The zero-order valence-corrected chi connectivity index (χ0v) is 9.20. The lowest BCUT2D eigenvalue weighted by molar-refractivity contribution is 0.0752. The predicted octanol–water partition coefficient (Wildman–Crippen LogP) is 0.624. The molecule has 0 amide bonds. The van der Waals surface area contributed by atoms with Crippen LogP contribution in [0.2, 0.25) is 0 Å². The fraction of sp³-hybridized carbons (Fsp3) is 0.400. The monoisotopic (exact) mass is 226 g/mol. The lowest BCUT2D eigenvalue weighted by Gasteiger charge is -2.25. The molecule has 1 heterocycles. The van der Waals surface area contributed by atoms with Crippen LogP contribution in [0.5, 0.6) is 0 Å². The lowest BCUT2D eigenvalue weighted by atomic mass is 10.3. The van der Waals surface area contributed by atoms with Gasteiger partial charge in [0.2, 0.25) is 0 Å². The number of morpholine rings is 1. The molecule has 0 bridgehead atoms. The molecule has 1 unspecified atom stereocenters. The molecule has 2 rings (SSSR count). The van der Waals surface area contributed by atoms with E-state index in [1.807, 2.05) is 4.31 Å². The maximum atomic E-state index is 12.1. The van der Waals surface area contributed by atoms with Crippen molar-refractivity contribution in [2.24, 2.45) is 0 Å². The summed E-state index contributed by atoms with van der Waals surface area (Å²) in [6.45, 7) is 2.75. The van der Waals surface area contributed by atoms with E-state index in [1.54, 1.807) is 24.3 Å². The second kappa shape index (κ2) is 4.74. The predicted molar refractivity (Wildman–Crippen MR) is 59.7 cm³/mol. The minimum absolute atomic E-state index is 0.653. The first-order chi connectivity index (χ1) is 7.27. The molecule has 1 aromatic carbocycles. The van der Waals surface area contributed by atoms with Gasteiger partial charge < -0.3 is 10.5 Å². The van der Waals surface area contributed by atoms with Crippen molar-refractivity contribution in [3.05, 3.63) is 24.3 Å². The van der Waals surface area contributed by atoms with E-state index < -0.39 is 11.0 Å². The van der Waals surface area contributed by atoms with E-state index >= 15 is 0 Å². The second-order valence-corrected chi connectivity index (χ2v) is 4.85. The molecule has 4 nitrogen and oxygen atoms in total. The van der Waals surface area contributed by atoms with Gasteiger partial charge in [-0.05, 0) is 24.3 Å². The minimum Gasteiger partial charge on any atom is -0.399 e. The molecule has 15 heavy (non-hydrogen) atoms. The van der Waals surface area contributed by atoms with Crippen LogP contribution in [0, 0.1) is 0 Å². The van der Waals surface area contributed by atoms with Gasteiger partial charge in [-0.1, -0.05) is 0 Å². The second-order valence-electron chi connectivity index (χ2n) is 3.36. The first-order valence-electron chi connectivity index (χ1n) is 4.87. The van der Waals surface area contributed by atoms with Gasteiger partial charge in [-0.15, -0.1) is 0 Å². The third-order valence-corrected chi connectivity index (χ3v) is 3.80. The number of rotatable bonds is 2. The largest absolute Gasteiger partial charge is 0.399 e. The smallest absolute Gasteiger partial charge is 0.127 e. The highest BCUT2D eigenvalue weighted by Gasteiger charge is 2.17. The molecule has 0 radical (unpaired) electrons. The van der Waals surface area contributed by atoms with Crippen molar-refractivity contribution in [2.75, 3.05) is 32.0 Å². The van der Waals surface area contributed by atoms with Crippen molar-refractivity contribution in [1.82, 2.24) is 4.31 Å². The number of nitrogen functional groups attached to an aromatic ring is 1. The van der Waals surface area contributed by atoms with Crippen LogP contribution >= 0.6 is 0 Å². The molecule has 1 aliphatic rings. The first kappa shape index (κ1) is 10.6. The molecule has 1 aliphatic heterocycles. The van der Waals surface area contributed by atoms with Gasteiger partial charge in [0.15, 0.2) is 0 Å². The Kier molecular flexibility index (Phi) is 3.35. The summed E-state index contributed by atoms with van der Waals surface area (Å²) < 4.78 is 19.2. The highest BCUT2D eigenvalue weighted by molar-refractivity contribution is 7.82. The zero-order chi connectivity index (χ0) is 10.7. The zero-order valence-electron chi connectivity index (χ0n) is 8.39. The molecule has 0 spiro atoms. The number of hydrogen-bond donors (Lipinski definition) is 1. The van der Waals surface area contributed by atoms with Crippen molar-refractivity contribution in [3.63, 3.8) is 0 Å². The van der Waals surface area contributed by atoms with E-state index in [9.17, 15) is 4.21 Å². The van der Waals surface area contributed by atoms with Crippen LogP contribution in [-0.4, -0.2) is 34.8 Å². The molecule has 0 aliphatic carbocycles. The Morgan fingerprint density at radius 2 is 1.80 bits per heavy atom. The lowest BCUT2D eigenvalue weighted by Crippen LogP contribution is -2.37. The summed E-state index contributed by atoms with van der Waals surface area (Å²) in [6, 6.07) is 7.16. The van der Waals surface area contributed by atoms with E-state index in [2.05, 4.69) is 0 Å². The highest BCUT2D eigenvalue weighted by Crippen LogP contribution is 2.14. The van der Waals surface area contributed by atoms with Gasteiger partial charge in [0.25, 0.3) is 0 Å². The van der Waals surface area contributed by atoms with Crippen LogP contribution in [0.3, 0.4) is 0 Å². The number of ether oxygens (including phenoxy) is 1. The van der Waals surface area contributed by atoms with Crippen LogP contribution in [0.25, 0.3) is 0 Å². The van der Waals surface area contributed by atoms with Crippen LogP contribution in [0.15, 0.2) is 29.2 Å². The van der Waals surface area contributed by atoms with Crippen molar-refractivity contribution >= 4 is 16.7 Å². The Balaban J connectivity index is 2.09. The van der Waals surface area contributed by atoms with Gasteiger partial charge >= 0.3 is 0 Å². The van der Waals surface area contributed by atoms with Crippen LogP contribution in [0.4, 0.5) is 5.69 Å². The molecular weight excluding hydrogens is 212 g/mol. The normalized spacial score (nSPS) is 20.0. The molecule has 0 aromatic heterocycles. The quantitative estimate of drug-likeness (QED) is 0.752. The molecule has 1 fully saturated rings. The number of anilines is 1. The van der Waals surface area contributed by atoms with Crippen LogP contribution in [0.1, 0.15) is 0 Å². The van der Waals surface area contributed by atoms with Crippen molar-refractivity contribution < 1.29 is 8.95 Å². The van der Waals surface area contributed by atoms with Crippen molar-refractivity contribution in [3.8, 4) is 0 Å². The van der Waals surface area contributed by atoms with Gasteiger partial charge in [0.05, 0.1) is 18.1 Å². The molecular formula is C10H14N2O2S. The van der Waals surface area contributed by atoms with Gasteiger partial charge in [-0.25, -0.2) is 8.51 Å². The molecule has 82 valence electrons. The van der Waals surface area contributed by atoms with E-state index in [0.29, 0.717) is 18.9 Å². The summed E-state index contributed by atoms with van der Waals surface area (Å²) in [5, 5.41) is 0. The highest BCUT2D eigenvalue weighted by atomic mass is 32.2. The molecule has 1 atom stereocenters. The Hall–Kier alpha value is -0.910. The Labute approximate surface area is 91.6 Å². The topological polar surface area (TPSA) is 55.6 Å². The third-order valence-electron chi connectivity index (χ3n) is 2.29. The van der Waals surface area contributed by atoms with Gasteiger partial charge in [-0.2, -0.15) is 0 Å². The van der Waals surface area contributed by atoms with Crippen LogP contribution < -0.4 is 5.73 Å². The third kappa shape index (κ3) is 2.56. The standard InChI is InChI=1S/C10H14N2O2S/c11-9-1-3-10(4-2-9)15(13)12-5-7-14-8-6-12/h1-4H,5-8,11H2. The average molecular weight is 226 g/mol. The SMILES string of the molecule is Nc1ccc(S(=O)N2CCOCC2)cc1. The Morgan fingerprint density at radius 1 is 1.20 bits per heavy atom. The summed E-state index contributed by atoms with van der Waals surface area (Å²) in [6.07, 6.45) is 0. The molecule has 0 saturated carbocycles. The summed E-state index contributed by atoms with van der Waals surface area (Å²) in [5.74, 6) is 0. The first-order valence-corrected chi connectivity index (χ1v) is 5.98. The fourth-order valence-corrected chi connectivity index (χ4v) is 2.59. The van der Waals surface area contributed by atoms with Gasteiger partial charge in [0, 0.05) is 18.8 Å². The van der Waals surface area contributed by atoms with Crippen molar-refractivity contribution in [2.45, 2.75) is 4.90 Å². The van der Waals surface area contributed by atoms with E-state index in [4.69, 9.17) is 10.5 Å². The Morgan fingerprint density at radius 3 is 2.40 bits per heavy atom. The van der Waals surface area contributed by atoms with Gasteiger partial charge in [-0.3, -0.25) is 0 Å². The number of hydrogen-bond acceptors (Lipinski definition) is 3. The fourth-order valence-electron chi connectivity index (χ4n) is 1.45. The number of benzene rings is 1. The number of nitrogens with zero attached hydrogens (tertiary/aromatic N) is 1. The number of nitrogens with two attached hydrogens (primary N) is 1. The van der Waals surface area contributed by atoms with E-state index in [0.717, 1.165) is 18.0 Å². The summed E-state index contributed by atoms with van der Waals surface area (Å²) in [4.78, 5) is 0.797. The summed E-state index contributed by atoms with van der Waals surface area (Å²) in [7, 11) is -1.08. The molecule has 1 saturated heterocycles. The maximum Gasteiger partial charge on any atom is 0.127 e. The molecule has 1 aromatic rings. The van der Waals surface area contributed by atoms with Crippen LogP contribution in [-0.2, 0) is 15.7 Å². The average Bonchev–Trinajstić information content (AvgIpc) is 2.30. The van der Waals surface area contributed by atoms with Crippen molar-refractivity contribution in [1.29, 1.82) is 0 Å². The van der Waals surface area contributed by atoms with E-state index in [1.165, 1.54) is 0 Å². The summed E-state index contributed by atoms with van der Waals surface area (Å²) in [5.41, 5.74) is 6.27. The van der Waals surface area contributed by atoms with E-state index in [-0.39, 0.29) is 0 Å². The maximum absolute atomic E-state index is 12.1. The minimum atomic E-state index is -1.08. The molecule has 5 heteroatoms. The Bertz CT molecular complexity index is 347. The molecule has 2 N–H and O–H groups in total.